The molecule has 1 heterocycles. The van der Waals surface area contributed by atoms with Gasteiger partial charge < -0.3 is 9.47 Å². The Morgan fingerprint density at radius 3 is 2.29 bits per heavy atom. The molecule has 0 spiro atoms. The maximum Gasteiger partial charge on any atom is 0.350 e. The van der Waals surface area contributed by atoms with Gasteiger partial charge in [0.05, 0.1) is 20.7 Å². The third-order valence-electron chi connectivity index (χ3n) is 2.56. The second kappa shape index (κ2) is 3.08. The van der Waals surface area contributed by atoms with Crippen molar-refractivity contribution in [3.63, 3.8) is 0 Å². The van der Waals surface area contributed by atoms with Crippen molar-refractivity contribution in [1.82, 2.24) is 0 Å². The summed E-state index contributed by atoms with van der Waals surface area (Å²) >= 11 is 0. The molecule has 0 radical (unpaired) electrons. The second-order valence-corrected chi connectivity index (χ2v) is 10.1. The predicted octanol–water partition coefficient (Wildman–Crippen LogP) is 1.18. The van der Waals surface area contributed by atoms with Crippen molar-refractivity contribution in [1.29, 1.82) is 0 Å². The van der Waals surface area contributed by atoms with Crippen LogP contribution in [0, 0.1) is 0 Å². The molecular formula is C9H16O4Si. The van der Waals surface area contributed by atoms with Crippen molar-refractivity contribution in [3.8, 4) is 0 Å². The molecule has 0 saturated carbocycles. The summed E-state index contributed by atoms with van der Waals surface area (Å²) in [5, 5.41) is 0. The van der Waals surface area contributed by atoms with Crippen LogP contribution in [-0.2, 0) is 19.1 Å². The van der Waals surface area contributed by atoms with E-state index in [0.717, 1.165) is 0 Å². The fourth-order valence-electron chi connectivity index (χ4n) is 2.04. The van der Waals surface area contributed by atoms with E-state index in [0.29, 0.717) is 0 Å². The van der Waals surface area contributed by atoms with Crippen LogP contribution in [-0.4, -0.2) is 32.7 Å². The highest BCUT2D eigenvalue weighted by atomic mass is 28.3. The first kappa shape index (κ1) is 11.2. The van der Waals surface area contributed by atoms with Gasteiger partial charge in [0.15, 0.2) is 0 Å². The van der Waals surface area contributed by atoms with Crippen LogP contribution in [0.5, 0.6) is 0 Å². The topological polar surface area (TPSA) is 52.6 Å². The Morgan fingerprint density at radius 1 is 1.50 bits per heavy atom. The number of methoxy groups -OCH3 is 1. The van der Waals surface area contributed by atoms with Crippen LogP contribution in [0.25, 0.3) is 0 Å². The molecule has 0 aromatic rings. The molecule has 1 aliphatic heterocycles. The van der Waals surface area contributed by atoms with Crippen molar-refractivity contribution in [2.24, 2.45) is 0 Å². The van der Waals surface area contributed by atoms with E-state index in [9.17, 15) is 9.59 Å². The second-order valence-electron chi connectivity index (χ2n) is 4.82. The Bertz CT molecular complexity index is 281. The van der Waals surface area contributed by atoms with Gasteiger partial charge in [-0.1, -0.05) is 19.6 Å². The monoisotopic (exact) mass is 216 g/mol. The zero-order valence-electron chi connectivity index (χ0n) is 9.21. The van der Waals surface area contributed by atoms with Crippen LogP contribution in [0.2, 0.25) is 25.2 Å². The van der Waals surface area contributed by atoms with E-state index in [1.54, 1.807) is 6.92 Å². The lowest BCUT2D eigenvalue weighted by atomic mass is 9.96. The summed E-state index contributed by atoms with van der Waals surface area (Å²) < 4.78 is 9.58. The minimum absolute atomic E-state index is 0.267. The molecule has 2 atom stereocenters. The highest BCUT2D eigenvalue weighted by Crippen LogP contribution is 2.46. The number of carbonyl (C=O) groups is 2. The van der Waals surface area contributed by atoms with Gasteiger partial charge in [-0.05, 0) is 6.92 Å². The van der Waals surface area contributed by atoms with Crippen molar-refractivity contribution in [3.05, 3.63) is 0 Å². The Hall–Kier alpha value is -0.843. The van der Waals surface area contributed by atoms with Gasteiger partial charge in [0, 0.05) is 0 Å². The third-order valence-corrected chi connectivity index (χ3v) is 5.07. The largest absolute Gasteiger partial charge is 0.466 e. The van der Waals surface area contributed by atoms with Gasteiger partial charge in [-0.25, -0.2) is 4.79 Å². The molecule has 1 fully saturated rings. The van der Waals surface area contributed by atoms with Crippen LogP contribution in [0.4, 0.5) is 0 Å². The van der Waals surface area contributed by atoms with Crippen molar-refractivity contribution >= 4 is 20.0 Å². The summed E-state index contributed by atoms with van der Waals surface area (Å²) in [4.78, 5) is 22.8. The highest BCUT2D eigenvalue weighted by molar-refractivity contribution is 6.81. The molecule has 5 heteroatoms. The fraction of sp³-hybridized carbons (Fsp3) is 0.778. The number of ether oxygens (including phenoxy) is 2. The normalized spacial score (nSPS) is 31.8. The maximum atomic E-state index is 11.4. The maximum absolute atomic E-state index is 11.4. The van der Waals surface area contributed by atoms with E-state index in [1.807, 2.05) is 19.6 Å². The van der Waals surface area contributed by atoms with Crippen LogP contribution in [0.15, 0.2) is 0 Å². The minimum atomic E-state index is -1.73. The number of hydrogen-bond acceptors (Lipinski definition) is 4. The van der Waals surface area contributed by atoms with Crippen LogP contribution in [0.1, 0.15) is 6.92 Å². The zero-order chi connectivity index (χ0) is 11.1. The molecule has 1 aliphatic rings. The first-order valence-electron chi connectivity index (χ1n) is 4.54. The van der Waals surface area contributed by atoms with Gasteiger partial charge in [0.1, 0.15) is 0 Å². The molecular weight excluding hydrogens is 200 g/mol. The van der Waals surface area contributed by atoms with Crippen molar-refractivity contribution < 1.29 is 19.1 Å². The zero-order valence-corrected chi connectivity index (χ0v) is 10.2. The third kappa shape index (κ3) is 1.45. The molecule has 4 nitrogen and oxygen atoms in total. The Kier molecular flexibility index (Phi) is 2.47. The summed E-state index contributed by atoms with van der Waals surface area (Å²) in [6, 6.07) is 0. The van der Waals surface area contributed by atoms with Gasteiger partial charge in [0.25, 0.3) is 0 Å². The molecule has 0 bridgehead atoms. The van der Waals surface area contributed by atoms with Gasteiger partial charge >= 0.3 is 11.9 Å². The lowest BCUT2D eigenvalue weighted by molar-refractivity contribution is -0.203. The number of esters is 2. The first-order valence-corrected chi connectivity index (χ1v) is 8.12. The first-order chi connectivity index (χ1) is 6.23. The van der Waals surface area contributed by atoms with Gasteiger partial charge in [-0.2, -0.15) is 0 Å². The highest BCUT2D eigenvalue weighted by Gasteiger charge is 2.64. The molecule has 0 aromatic heterocycles. The fourth-order valence-corrected chi connectivity index (χ4v) is 4.63. The molecule has 80 valence electrons. The minimum Gasteiger partial charge on any atom is -0.466 e. The van der Waals surface area contributed by atoms with Gasteiger partial charge in [-0.15, -0.1) is 0 Å². The smallest absolute Gasteiger partial charge is 0.350 e. The molecule has 14 heavy (non-hydrogen) atoms. The summed E-state index contributed by atoms with van der Waals surface area (Å²) in [5.74, 6) is -0.721. The Labute approximate surface area is 84.6 Å². The van der Waals surface area contributed by atoms with E-state index >= 15 is 0 Å². The number of hydrogen-bond donors (Lipinski definition) is 0. The Balaban J connectivity index is 2.94. The van der Waals surface area contributed by atoms with Crippen molar-refractivity contribution in [2.45, 2.75) is 37.7 Å². The summed E-state index contributed by atoms with van der Waals surface area (Å²) in [6.45, 7) is 7.75. The lowest BCUT2D eigenvalue weighted by Gasteiger charge is -2.47. The average molecular weight is 216 g/mol. The number of carbonyl (C=O) groups excluding carboxylic acids is 2. The SMILES string of the molecule is COC(=O)[C@@]1(C)OC(=O)C1[Si](C)(C)C. The van der Waals surface area contributed by atoms with E-state index in [2.05, 4.69) is 4.74 Å². The molecule has 0 N–H and O–H groups in total. The van der Waals surface area contributed by atoms with Gasteiger partial charge in [-0.3, -0.25) is 4.79 Å². The quantitative estimate of drug-likeness (QED) is 0.514. The number of cyclic esters (lactones) is 1. The molecule has 1 rings (SSSR count). The van der Waals surface area contributed by atoms with Crippen LogP contribution < -0.4 is 0 Å². The molecule has 0 amide bonds. The molecule has 1 saturated heterocycles. The van der Waals surface area contributed by atoms with Crippen LogP contribution >= 0.6 is 0 Å². The van der Waals surface area contributed by atoms with E-state index in [4.69, 9.17) is 4.74 Å². The van der Waals surface area contributed by atoms with E-state index < -0.39 is 19.6 Å². The summed E-state index contributed by atoms with van der Waals surface area (Å²) in [7, 11) is -0.420. The molecule has 1 unspecified atom stereocenters. The number of rotatable bonds is 2. The predicted molar refractivity (Wildman–Crippen MR) is 53.6 cm³/mol. The molecule has 0 aliphatic carbocycles. The standard InChI is InChI=1S/C9H16O4Si/c1-9(8(11)12-2)6(7(10)13-9)14(3,4)5/h6H,1-5H3/t6?,9-/m0/s1. The lowest BCUT2D eigenvalue weighted by Crippen LogP contribution is -2.64. The van der Waals surface area contributed by atoms with Crippen molar-refractivity contribution in [2.75, 3.05) is 7.11 Å². The van der Waals surface area contributed by atoms with Crippen LogP contribution in [0.3, 0.4) is 0 Å². The summed E-state index contributed by atoms with van der Waals surface area (Å²) in [5.41, 5.74) is -1.33. The van der Waals surface area contributed by atoms with E-state index in [-0.39, 0.29) is 11.5 Å². The van der Waals surface area contributed by atoms with E-state index in [1.165, 1.54) is 7.11 Å². The van der Waals surface area contributed by atoms with Gasteiger partial charge in [0.2, 0.25) is 5.60 Å². The molecule has 0 aromatic carbocycles. The Morgan fingerprint density at radius 2 is 2.00 bits per heavy atom. The average Bonchev–Trinajstić information content (AvgIpc) is 1.98. The summed E-state index contributed by atoms with van der Waals surface area (Å²) in [6.07, 6.45) is 0.